The van der Waals surface area contributed by atoms with Crippen molar-refractivity contribution in [2.75, 3.05) is 11.0 Å². The van der Waals surface area contributed by atoms with Gasteiger partial charge in [0.05, 0.1) is 40.1 Å². The van der Waals surface area contributed by atoms with Gasteiger partial charge in [0.2, 0.25) is 10.0 Å². The van der Waals surface area contributed by atoms with Crippen molar-refractivity contribution in [3.05, 3.63) is 24.2 Å². The van der Waals surface area contributed by atoms with E-state index in [0.717, 1.165) is 6.26 Å². The van der Waals surface area contributed by atoms with Crippen molar-refractivity contribution in [2.24, 2.45) is 15.7 Å². The second kappa shape index (κ2) is 6.90. The smallest absolute Gasteiger partial charge is 0.358 e. The minimum absolute atomic E-state index is 0.159. The van der Waals surface area contributed by atoms with E-state index >= 15 is 0 Å². The van der Waals surface area contributed by atoms with Crippen LogP contribution in [0.25, 0.3) is 10.9 Å². The highest BCUT2D eigenvalue weighted by atomic mass is 32.2. The fraction of sp³-hybridized carbons (Fsp3) is 0.333. The van der Waals surface area contributed by atoms with Crippen LogP contribution < -0.4 is 10.5 Å². The minimum atomic E-state index is -4.75. The second-order valence-electron chi connectivity index (χ2n) is 6.21. The van der Waals surface area contributed by atoms with E-state index in [0.29, 0.717) is 16.6 Å². The molecule has 2 unspecified atom stereocenters. The minimum Gasteiger partial charge on any atom is -0.358 e. The number of nitrogens with one attached hydrogen (secondary N) is 2. The van der Waals surface area contributed by atoms with E-state index in [1.54, 1.807) is 13.0 Å². The van der Waals surface area contributed by atoms with Crippen LogP contribution in [0.5, 0.6) is 0 Å². The Labute approximate surface area is 163 Å². The van der Waals surface area contributed by atoms with Crippen molar-refractivity contribution >= 4 is 55.2 Å². The number of anilines is 1. The summed E-state index contributed by atoms with van der Waals surface area (Å²) in [5.74, 6) is -0.898. The predicted octanol–water partition coefficient (Wildman–Crippen LogP) is 2.11. The molecule has 1 aliphatic heterocycles. The summed E-state index contributed by atoms with van der Waals surface area (Å²) in [6, 6.07) is 1.55. The molecule has 0 fully saturated rings. The Morgan fingerprint density at radius 3 is 2.68 bits per heavy atom. The fourth-order valence-corrected chi connectivity index (χ4v) is 3.42. The number of thiocarbonyl (C=S) groups is 1. The molecule has 28 heavy (non-hydrogen) atoms. The van der Waals surface area contributed by atoms with Crippen LogP contribution in [0.15, 0.2) is 28.4 Å². The van der Waals surface area contributed by atoms with Gasteiger partial charge in [-0.05, 0) is 13.0 Å². The van der Waals surface area contributed by atoms with Gasteiger partial charge >= 0.3 is 6.18 Å². The molecule has 3 heterocycles. The molecule has 0 saturated carbocycles. The number of aliphatic imine (C=N–C) groups is 2. The first-order valence-electron chi connectivity index (χ1n) is 7.85. The Bertz CT molecular complexity index is 1120. The Balaban J connectivity index is 2.02. The molecule has 2 atom stereocenters. The number of pyridine rings is 1. The molecule has 8 nitrogen and oxygen atoms in total. The van der Waals surface area contributed by atoms with Crippen LogP contribution in [0.2, 0.25) is 0 Å². The molecule has 4 N–H and O–H groups in total. The molecule has 13 heteroatoms. The summed E-state index contributed by atoms with van der Waals surface area (Å²) >= 11 is 4.71. The average molecular weight is 432 g/mol. The number of fused-ring (bicyclic) bond motifs is 1. The lowest BCUT2D eigenvalue weighted by molar-refractivity contribution is -0.0566. The monoisotopic (exact) mass is 432 g/mol. The highest BCUT2D eigenvalue weighted by molar-refractivity contribution is 7.92. The zero-order valence-electron chi connectivity index (χ0n) is 14.6. The number of sulfonamides is 1. The number of rotatable bonds is 4. The zero-order valence-corrected chi connectivity index (χ0v) is 16.2. The van der Waals surface area contributed by atoms with Gasteiger partial charge in [-0.2, -0.15) is 13.2 Å². The van der Waals surface area contributed by atoms with Crippen LogP contribution in [0.1, 0.15) is 18.5 Å². The zero-order chi connectivity index (χ0) is 20.9. The highest BCUT2D eigenvalue weighted by Crippen LogP contribution is 2.29. The molecule has 0 aromatic carbocycles. The number of alkyl halides is 3. The van der Waals surface area contributed by atoms with Gasteiger partial charge in [-0.15, -0.1) is 0 Å². The SMILES string of the molecule is CC(C1=NC(N)C(=S)C(C(F)(F)F)=N1)c1cc2c(NS(C)(=O)=O)c[nH]c2cn1. The number of H-pyrrole nitrogens is 1. The third-order valence-corrected chi connectivity index (χ3v) is 5.01. The van der Waals surface area contributed by atoms with E-state index in [4.69, 9.17) is 18.0 Å². The van der Waals surface area contributed by atoms with Gasteiger partial charge in [-0.1, -0.05) is 12.2 Å². The Morgan fingerprint density at radius 1 is 1.39 bits per heavy atom. The van der Waals surface area contributed by atoms with Gasteiger partial charge in [0.15, 0.2) is 5.71 Å². The normalized spacial score (nSPS) is 19.4. The van der Waals surface area contributed by atoms with E-state index in [2.05, 4.69) is 24.7 Å². The number of aromatic nitrogens is 2. The first kappa shape index (κ1) is 20.4. The molecular formula is C15H15F3N6O2S2. The van der Waals surface area contributed by atoms with Crippen LogP contribution in [-0.4, -0.2) is 53.4 Å². The third-order valence-electron chi connectivity index (χ3n) is 3.98. The van der Waals surface area contributed by atoms with E-state index in [9.17, 15) is 21.6 Å². The summed E-state index contributed by atoms with van der Waals surface area (Å²) in [6.07, 6.45) is -2.18. The van der Waals surface area contributed by atoms with Crippen molar-refractivity contribution in [3.63, 3.8) is 0 Å². The van der Waals surface area contributed by atoms with Crippen molar-refractivity contribution in [2.45, 2.75) is 25.2 Å². The molecule has 0 saturated heterocycles. The molecule has 1 aliphatic rings. The second-order valence-corrected chi connectivity index (χ2v) is 8.40. The number of amidine groups is 1. The summed E-state index contributed by atoms with van der Waals surface area (Å²) < 4.78 is 64.9. The Morgan fingerprint density at radius 2 is 2.07 bits per heavy atom. The molecule has 2 aromatic heterocycles. The van der Waals surface area contributed by atoms with Gasteiger partial charge in [-0.3, -0.25) is 9.71 Å². The molecule has 0 aliphatic carbocycles. The summed E-state index contributed by atoms with van der Waals surface area (Å²) in [4.78, 5) is 14.0. The van der Waals surface area contributed by atoms with Crippen LogP contribution >= 0.6 is 12.2 Å². The standard InChI is InChI=1S/C15H15F3N6O2S2/c1-6(14-22-12(15(16,17)18)11(27)13(19)23-14)8-3-7-9(4-20-8)21-5-10(7)24-28(2,25)26/h3-6,13,21,24H,19H2,1-2H3. The molecule has 0 bridgehead atoms. The van der Waals surface area contributed by atoms with Crippen molar-refractivity contribution in [1.29, 1.82) is 0 Å². The number of aromatic amines is 1. The lowest BCUT2D eigenvalue weighted by Crippen LogP contribution is -2.44. The Kier molecular flexibility index (Phi) is 5.02. The highest BCUT2D eigenvalue weighted by Gasteiger charge is 2.42. The number of hydrogen-bond acceptors (Lipinski definition) is 7. The Hall–Kier alpha value is -2.38. The van der Waals surface area contributed by atoms with E-state index in [-0.39, 0.29) is 11.5 Å². The molecule has 3 rings (SSSR count). The third kappa shape index (κ3) is 4.05. The van der Waals surface area contributed by atoms with Crippen molar-refractivity contribution in [3.8, 4) is 0 Å². The maximum Gasteiger partial charge on any atom is 0.434 e. The summed E-state index contributed by atoms with van der Waals surface area (Å²) in [5, 5.41) is 0.499. The maximum atomic E-state index is 13.2. The average Bonchev–Trinajstić information content (AvgIpc) is 2.96. The molecule has 0 amide bonds. The van der Waals surface area contributed by atoms with Gasteiger partial charge in [0, 0.05) is 11.6 Å². The topological polar surface area (TPSA) is 126 Å². The van der Waals surface area contributed by atoms with Gasteiger partial charge in [-0.25, -0.2) is 18.4 Å². The van der Waals surface area contributed by atoms with Crippen LogP contribution in [-0.2, 0) is 10.0 Å². The maximum absolute atomic E-state index is 13.2. The molecule has 0 radical (unpaired) electrons. The van der Waals surface area contributed by atoms with Gasteiger partial charge < -0.3 is 10.7 Å². The van der Waals surface area contributed by atoms with E-state index in [1.807, 2.05) is 0 Å². The number of nitrogens with zero attached hydrogens (tertiary/aromatic N) is 3. The van der Waals surface area contributed by atoms with E-state index in [1.165, 1.54) is 12.4 Å². The van der Waals surface area contributed by atoms with Crippen LogP contribution in [0.4, 0.5) is 18.9 Å². The molecule has 150 valence electrons. The number of nitrogens with two attached hydrogens (primary N) is 1. The number of halogens is 3. The summed E-state index contributed by atoms with van der Waals surface area (Å²) in [5.41, 5.74) is 5.56. The van der Waals surface area contributed by atoms with Crippen molar-refractivity contribution in [1.82, 2.24) is 9.97 Å². The molecular weight excluding hydrogens is 417 g/mol. The summed E-state index contributed by atoms with van der Waals surface area (Å²) in [7, 11) is -3.52. The first-order valence-corrected chi connectivity index (χ1v) is 10.1. The van der Waals surface area contributed by atoms with E-state index < -0.39 is 38.9 Å². The first-order chi connectivity index (χ1) is 12.9. The van der Waals surface area contributed by atoms with Gasteiger partial charge in [0.1, 0.15) is 12.0 Å². The number of hydrogen-bond donors (Lipinski definition) is 3. The van der Waals surface area contributed by atoms with Crippen LogP contribution in [0, 0.1) is 0 Å². The lowest BCUT2D eigenvalue weighted by atomic mass is 10.0. The lowest BCUT2D eigenvalue weighted by Gasteiger charge is -2.22. The fourth-order valence-electron chi connectivity index (χ4n) is 2.64. The van der Waals surface area contributed by atoms with Crippen LogP contribution in [0.3, 0.4) is 0 Å². The van der Waals surface area contributed by atoms with Gasteiger partial charge in [0.25, 0.3) is 0 Å². The van der Waals surface area contributed by atoms with Crippen molar-refractivity contribution < 1.29 is 21.6 Å². The molecule has 2 aromatic rings. The summed E-state index contributed by atoms with van der Waals surface area (Å²) in [6.45, 7) is 1.57. The quantitative estimate of drug-likeness (QED) is 0.638. The predicted molar refractivity (Wildman–Crippen MR) is 104 cm³/mol. The molecule has 0 spiro atoms. The largest absolute Gasteiger partial charge is 0.434 e.